The molecule has 2 unspecified atom stereocenters. The number of carbonyl (C=O) groups is 3. The lowest BCUT2D eigenvalue weighted by Crippen LogP contribution is -2.45. The number of nitrogens with two attached hydrogens (primary N) is 1. The summed E-state index contributed by atoms with van der Waals surface area (Å²) in [6.07, 6.45) is -2.72. The van der Waals surface area contributed by atoms with Gasteiger partial charge in [0.25, 0.3) is 5.88 Å². The van der Waals surface area contributed by atoms with Crippen LogP contribution in [0.4, 0.5) is 5.82 Å². The van der Waals surface area contributed by atoms with Crippen molar-refractivity contribution in [3.63, 3.8) is 0 Å². The summed E-state index contributed by atoms with van der Waals surface area (Å²) in [6, 6.07) is 0.450. The van der Waals surface area contributed by atoms with Gasteiger partial charge in [0.1, 0.15) is 21.1 Å². The Morgan fingerprint density at radius 3 is 2.49 bits per heavy atom. The highest BCUT2D eigenvalue weighted by Crippen LogP contribution is 2.45. The lowest BCUT2D eigenvalue weighted by Gasteiger charge is -2.36. The third-order valence-electron chi connectivity index (χ3n) is 8.21. The van der Waals surface area contributed by atoms with E-state index in [1.807, 2.05) is 25.7 Å². The van der Waals surface area contributed by atoms with E-state index in [2.05, 4.69) is 14.1 Å². The van der Waals surface area contributed by atoms with E-state index in [0.717, 1.165) is 11.7 Å². The third-order valence-corrected chi connectivity index (χ3v) is 14.0. The number of hydrogen-bond donors (Lipinski definition) is 2. The summed E-state index contributed by atoms with van der Waals surface area (Å²) >= 11 is 1.57. The molecule has 21 heteroatoms. The molecule has 1 fully saturated rings. The van der Waals surface area contributed by atoms with Crippen molar-refractivity contribution in [3.8, 4) is 5.88 Å². The Labute approximate surface area is 306 Å². The highest BCUT2D eigenvalue weighted by Gasteiger charge is 2.42. The van der Waals surface area contributed by atoms with Crippen LogP contribution in [-0.4, -0.2) is 117 Å². The van der Waals surface area contributed by atoms with Crippen molar-refractivity contribution >= 4 is 66.6 Å². The number of rotatable bonds is 15. The van der Waals surface area contributed by atoms with Crippen LogP contribution in [0.5, 0.6) is 5.88 Å². The van der Waals surface area contributed by atoms with Crippen molar-refractivity contribution in [1.29, 1.82) is 0 Å². The summed E-state index contributed by atoms with van der Waals surface area (Å²) in [4.78, 5) is 42.6. The Hall–Kier alpha value is -2.95. The molecule has 0 radical (unpaired) electrons. The van der Waals surface area contributed by atoms with Crippen LogP contribution in [0, 0.1) is 0 Å². The molecule has 2 aliphatic rings. The highest BCUT2D eigenvalue weighted by molar-refractivity contribution is 7.95. The lowest BCUT2D eigenvalue weighted by molar-refractivity contribution is -0.171. The third kappa shape index (κ3) is 10.6. The summed E-state index contributed by atoms with van der Waals surface area (Å²) < 4.78 is 80.5. The number of primary sulfonamides is 1. The maximum Gasteiger partial charge on any atom is 0.347 e. The zero-order chi connectivity index (χ0) is 37.7. The molecule has 4 rings (SSSR count). The van der Waals surface area contributed by atoms with E-state index in [-0.39, 0.29) is 58.5 Å². The number of nitrogens with zero attached hydrogens (tertiary/aromatic N) is 4. The number of carbonyl (C=O) groups excluding carboxylic acids is 3. The highest BCUT2D eigenvalue weighted by atomic mass is 32.3. The van der Waals surface area contributed by atoms with Gasteiger partial charge < -0.3 is 34.1 Å². The Morgan fingerprint density at radius 1 is 1.18 bits per heavy atom. The Balaban J connectivity index is 1.35. The zero-order valence-electron chi connectivity index (χ0n) is 29.4. The van der Waals surface area contributed by atoms with Gasteiger partial charge in [-0.3, -0.25) is 9.59 Å². The number of sulfonamides is 1. The second-order valence-corrected chi connectivity index (χ2v) is 19.2. The molecule has 0 aromatic carbocycles. The van der Waals surface area contributed by atoms with Gasteiger partial charge in [-0.15, -0.1) is 15.7 Å². The standard InChI is InChI=1S/C30H46N6O11S4/c1-7-36(22-14-18(2)50(40,41)29-21(22)15-25(48-29)51(31,42)43)23(37)8-9-24(38)46-19(3)28(39)47-20(16-32-30(4,5)6)17-45-27-26(33-49-34-27)35-10-12-44-13-11-35/h15,18-20,22,32H,7-14,16-17H2,1-6H3,(H2,31,42,43)/t18-,19?,20?,22-/m1/s1. The van der Waals surface area contributed by atoms with Crippen molar-refractivity contribution in [1.82, 2.24) is 19.0 Å². The molecule has 2 aromatic rings. The van der Waals surface area contributed by atoms with E-state index in [1.54, 1.807) is 6.92 Å². The lowest BCUT2D eigenvalue weighted by atomic mass is 10.0. The minimum Gasteiger partial charge on any atom is -0.470 e. The van der Waals surface area contributed by atoms with Gasteiger partial charge in [-0.2, -0.15) is 4.37 Å². The first kappa shape index (κ1) is 40.8. The van der Waals surface area contributed by atoms with Crippen LogP contribution in [0.3, 0.4) is 0 Å². The second kappa shape index (κ2) is 16.8. The van der Waals surface area contributed by atoms with Crippen LogP contribution in [-0.2, 0) is 48.5 Å². The fourth-order valence-corrected chi connectivity index (χ4v) is 10.4. The van der Waals surface area contributed by atoms with Gasteiger partial charge in [0.05, 0.1) is 42.7 Å². The predicted octanol–water partition coefficient (Wildman–Crippen LogP) is 1.63. The minimum atomic E-state index is -4.19. The quantitative estimate of drug-likeness (QED) is 0.244. The summed E-state index contributed by atoms with van der Waals surface area (Å²) in [6.45, 7) is 13.1. The van der Waals surface area contributed by atoms with Crippen molar-refractivity contribution in [2.24, 2.45) is 5.14 Å². The SMILES string of the molecule is CCN(C(=O)CCC(=O)OC(C)C(=O)OC(CNC(C)(C)C)COc1nsnc1N1CCOCC1)[C@@H]1C[C@@H](C)S(=O)(=O)c2sc(S(N)(=O)=O)cc21. The topological polar surface area (TPSA) is 227 Å². The number of ether oxygens (including phenoxy) is 4. The number of aromatic nitrogens is 2. The summed E-state index contributed by atoms with van der Waals surface area (Å²) in [7, 11) is -8.02. The molecule has 2 aromatic heterocycles. The second-order valence-electron chi connectivity index (χ2n) is 13.3. The van der Waals surface area contributed by atoms with Crippen molar-refractivity contribution in [2.45, 2.75) is 98.3 Å². The smallest absolute Gasteiger partial charge is 0.347 e. The first-order chi connectivity index (χ1) is 23.8. The predicted molar refractivity (Wildman–Crippen MR) is 188 cm³/mol. The molecule has 51 heavy (non-hydrogen) atoms. The molecule has 286 valence electrons. The average Bonchev–Trinajstić information content (AvgIpc) is 3.73. The number of sulfone groups is 1. The number of nitrogens with one attached hydrogen (secondary N) is 1. The van der Waals surface area contributed by atoms with E-state index in [4.69, 9.17) is 24.1 Å². The number of fused-ring (bicyclic) bond motifs is 1. The molecule has 1 saturated heterocycles. The van der Waals surface area contributed by atoms with Gasteiger partial charge in [-0.25, -0.2) is 26.8 Å². The van der Waals surface area contributed by atoms with Crippen LogP contribution < -0.4 is 20.1 Å². The number of anilines is 1. The fraction of sp³-hybridized carbons (Fsp3) is 0.700. The fourth-order valence-electron chi connectivity index (χ4n) is 5.46. The van der Waals surface area contributed by atoms with Crippen LogP contribution in [0.2, 0.25) is 0 Å². The van der Waals surface area contributed by atoms with Crippen molar-refractivity contribution in [2.75, 3.05) is 50.9 Å². The summed E-state index contributed by atoms with van der Waals surface area (Å²) in [5.74, 6) is -1.21. The molecule has 4 heterocycles. The average molecular weight is 795 g/mol. The number of thiophene rings is 1. The van der Waals surface area contributed by atoms with Crippen LogP contribution in [0.15, 0.2) is 14.5 Å². The van der Waals surface area contributed by atoms with Crippen molar-refractivity contribution in [3.05, 3.63) is 11.6 Å². The van der Waals surface area contributed by atoms with Gasteiger partial charge in [0, 0.05) is 43.7 Å². The largest absolute Gasteiger partial charge is 0.470 e. The first-order valence-electron chi connectivity index (χ1n) is 16.4. The number of esters is 2. The van der Waals surface area contributed by atoms with Gasteiger partial charge in [-0.1, -0.05) is 0 Å². The van der Waals surface area contributed by atoms with E-state index >= 15 is 0 Å². The van der Waals surface area contributed by atoms with E-state index in [9.17, 15) is 31.2 Å². The molecule has 3 N–H and O–H groups in total. The van der Waals surface area contributed by atoms with E-state index in [0.29, 0.717) is 49.3 Å². The number of amides is 1. The maximum absolute atomic E-state index is 13.4. The van der Waals surface area contributed by atoms with Gasteiger partial charge in [-0.05, 0) is 54.0 Å². The molecule has 0 bridgehead atoms. The molecule has 4 atom stereocenters. The normalized spacial score (nSPS) is 20.2. The Morgan fingerprint density at radius 2 is 1.86 bits per heavy atom. The molecule has 17 nitrogen and oxygen atoms in total. The van der Waals surface area contributed by atoms with Gasteiger partial charge >= 0.3 is 11.9 Å². The van der Waals surface area contributed by atoms with Crippen LogP contribution in [0.1, 0.15) is 72.4 Å². The zero-order valence-corrected chi connectivity index (χ0v) is 32.7. The van der Waals surface area contributed by atoms with Crippen LogP contribution >= 0.6 is 23.1 Å². The number of morpholine rings is 1. The molecular formula is C30H46N6O11S4. The monoisotopic (exact) mass is 794 g/mol. The Kier molecular flexibility index (Phi) is 13.5. The molecular weight excluding hydrogens is 749 g/mol. The molecule has 0 spiro atoms. The Bertz CT molecular complexity index is 1770. The van der Waals surface area contributed by atoms with Crippen LogP contribution in [0.25, 0.3) is 0 Å². The number of hydrogen-bond acceptors (Lipinski definition) is 17. The van der Waals surface area contributed by atoms with Crippen molar-refractivity contribution < 1.29 is 50.2 Å². The van der Waals surface area contributed by atoms with E-state index in [1.165, 1.54) is 24.8 Å². The maximum atomic E-state index is 13.4. The molecule has 0 saturated carbocycles. The van der Waals surface area contributed by atoms with Gasteiger partial charge in [0.15, 0.2) is 15.9 Å². The molecule has 1 amide bonds. The van der Waals surface area contributed by atoms with E-state index < -0.39 is 61.2 Å². The molecule has 0 aliphatic carbocycles. The summed E-state index contributed by atoms with van der Waals surface area (Å²) in [5, 5.41) is 7.66. The minimum absolute atomic E-state index is 0.0332. The molecule has 2 aliphatic heterocycles. The summed E-state index contributed by atoms with van der Waals surface area (Å²) in [5.41, 5.74) is -0.124. The first-order valence-corrected chi connectivity index (χ1v) is 21.1. The van der Waals surface area contributed by atoms with Gasteiger partial charge in [0.2, 0.25) is 21.7 Å².